The lowest BCUT2D eigenvalue weighted by Gasteiger charge is -2.33. The number of aromatic nitrogens is 2. The highest BCUT2D eigenvalue weighted by atomic mass is 15.2. The highest BCUT2D eigenvalue weighted by Gasteiger charge is 2.25. The summed E-state index contributed by atoms with van der Waals surface area (Å²) in [4.78, 5) is 15.6. The molecule has 0 unspecified atom stereocenters. The first-order valence-electron chi connectivity index (χ1n) is 15.1. The summed E-state index contributed by atoms with van der Waals surface area (Å²) < 4.78 is 2.54. The maximum atomic E-state index is 5.33. The van der Waals surface area contributed by atoms with Crippen molar-refractivity contribution in [1.82, 2.24) is 24.3 Å². The Hall–Kier alpha value is -2.87. The van der Waals surface area contributed by atoms with Crippen molar-refractivity contribution in [2.75, 3.05) is 89.3 Å². The molecule has 0 aliphatic carbocycles. The number of anilines is 2. The summed E-state index contributed by atoms with van der Waals surface area (Å²) in [6.07, 6.45) is 2.35. The van der Waals surface area contributed by atoms with Crippen LogP contribution in [0.2, 0.25) is 0 Å². The van der Waals surface area contributed by atoms with Crippen LogP contribution in [-0.4, -0.2) is 103 Å². The molecule has 0 amide bonds. The normalized spacial score (nSPS) is 17.1. The van der Waals surface area contributed by atoms with E-state index >= 15 is 0 Å². The van der Waals surface area contributed by atoms with Crippen LogP contribution >= 0.6 is 0 Å². The lowest BCUT2D eigenvalue weighted by atomic mass is 10.1. The van der Waals surface area contributed by atoms with Gasteiger partial charge < -0.3 is 29.5 Å². The lowest BCUT2D eigenvalue weighted by molar-refractivity contribution is 0.153. The van der Waals surface area contributed by atoms with Gasteiger partial charge in [0.2, 0.25) is 0 Å². The Labute approximate surface area is 233 Å². The Morgan fingerprint density at radius 1 is 0.897 bits per heavy atom. The van der Waals surface area contributed by atoms with Crippen LogP contribution in [0.5, 0.6) is 0 Å². The third-order valence-corrected chi connectivity index (χ3v) is 8.93. The maximum Gasteiger partial charge on any atom is 0.0988 e. The standard InChI is InChI=1S/C32H45N7/c1-4-36(5-2)19-14-33-25-12-13-26-28(24-25)34-30-27-10-6-7-11-29(27)39-18-9-17-38(31(26)32(30)39)16-8-15-37-22-20-35(3)21-23-37/h6-7,10-13,24,33H,4-5,8-9,14-23H2,1-3H3. The fourth-order valence-corrected chi connectivity index (χ4v) is 6.58. The van der Waals surface area contributed by atoms with Crippen LogP contribution in [0.15, 0.2) is 42.5 Å². The molecular formula is C32H45N7. The van der Waals surface area contributed by atoms with Gasteiger partial charge in [0.15, 0.2) is 0 Å². The molecule has 0 bridgehead atoms. The van der Waals surface area contributed by atoms with Crippen molar-refractivity contribution >= 4 is 44.2 Å². The summed E-state index contributed by atoms with van der Waals surface area (Å²) in [6, 6.07) is 15.7. The largest absolute Gasteiger partial charge is 0.384 e. The van der Waals surface area contributed by atoms with E-state index in [9.17, 15) is 0 Å². The molecule has 7 nitrogen and oxygen atoms in total. The number of hydrogen-bond acceptors (Lipinski definition) is 6. The molecule has 1 saturated heterocycles. The minimum atomic E-state index is 0.944. The minimum absolute atomic E-state index is 0.944. The summed E-state index contributed by atoms with van der Waals surface area (Å²) in [7, 11) is 2.24. The van der Waals surface area contributed by atoms with Crippen LogP contribution in [0.4, 0.5) is 11.4 Å². The zero-order chi connectivity index (χ0) is 26.8. The smallest absolute Gasteiger partial charge is 0.0988 e. The number of nitrogens with one attached hydrogen (secondary N) is 1. The van der Waals surface area contributed by atoms with Gasteiger partial charge in [0.25, 0.3) is 0 Å². The predicted molar refractivity (Wildman–Crippen MR) is 166 cm³/mol. The van der Waals surface area contributed by atoms with Gasteiger partial charge in [-0.05, 0) is 63.8 Å². The van der Waals surface area contributed by atoms with E-state index in [4.69, 9.17) is 4.98 Å². The fourth-order valence-electron chi connectivity index (χ4n) is 6.58. The number of piperazine rings is 1. The topological polar surface area (TPSA) is 42.8 Å². The van der Waals surface area contributed by atoms with E-state index in [1.165, 1.54) is 66.6 Å². The Bertz CT molecular complexity index is 1410. The molecule has 2 aliphatic rings. The van der Waals surface area contributed by atoms with E-state index in [-0.39, 0.29) is 0 Å². The van der Waals surface area contributed by atoms with E-state index < -0.39 is 0 Å². The monoisotopic (exact) mass is 527 g/mol. The van der Waals surface area contributed by atoms with Crippen molar-refractivity contribution in [3.63, 3.8) is 0 Å². The van der Waals surface area contributed by atoms with E-state index in [1.54, 1.807) is 0 Å². The van der Waals surface area contributed by atoms with Crippen molar-refractivity contribution in [3.05, 3.63) is 42.5 Å². The number of aryl methyl sites for hydroxylation is 1. The molecule has 1 N–H and O–H groups in total. The number of likely N-dealkylation sites (N-methyl/N-ethyl adjacent to an activating group) is 2. The molecule has 0 radical (unpaired) electrons. The summed E-state index contributed by atoms with van der Waals surface area (Å²) in [5.74, 6) is 0. The van der Waals surface area contributed by atoms with Gasteiger partial charge in [0, 0.05) is 75.4 Å². The molecule has 39 heavy (non-hydrogen) atoms. The van der Waals surface area contributed by atoms with Crippen molar-refractivity contribution in [3.8, 4) is 0 Å². The molecule has 1 fully saturated rings. The molecule has 0 spiro atoms. The molecule has 2 aromatic heterocycles. The third-order valence-electron chi connectivity index (χ3n) is 8.93. The Kier molecular flexibility index (Phi) is 7.91. The van der Waals surface area contributed by atoms with Gasteiger partial charge in [0.05, 0.1) is 27.8 Å². The number of para-hydroxylation sites is 1. The lowest BCUT2D eigenvalue weighted by Crippen LogP contribution is -2.45. The first kappa shape index (κ1) is 26.4. The number of rotatable bonds is 10. The van der Waals surface area contributed by atoms with Crippen LogP contribution in [0.25, 0.3) is 32.8 Å². The molecular weight excluding hydrogens is 482 g/mol. The predicted octanol–water partition coefficient (Wildman–Crippen LogP) is 4.94. The molecule has 4 aromatic rings. The van der Waals surface area contributed by atoms with Gasteiger partial charge in [-0.1, -0.05) is 32.0 Å². The quantitative estimate of drug-likeness (QED) is 0.315. The Morgan fingerprint density at radius 3 is 2.54 bits per heavy atom. The third kappa shape index (κ3) is 5.32. The zero-order valence-corrected chi connectivity index (χ0v) is 24.1. The van der Waals surface area contributed by atoms with Crippen LogP contribution in [0.1, 0.15) is 26.7 Å². The maximum absolute atomic E-state index is 5.33. The average Bonchev–Trinajstić information content (AvgIpc) is 3.14. The fraction of sp³-hybridized carbons (Fsp3) is 0.531. The number of pyridine rings is 1. The first-order valence-corrected chi connectivity index (χ1v) is 15.1. The zero-order valence-electron chi connectivity index (χ0n) is 24.1. The van der Waals surface area contributed by atoms with E-state index in [2.05, 4.69) is 92.8 Å². The van der Waals surface area contributed by atoms with Crippen molar-refractivity contribution in [1.29, 1.82) is 0 Å². The highest BCUT2D eigenvalue weighted by molar-refractivity contribution is 6.17. The van der Waals surface area contributed by atoms with Crippen molar-refractivity contribution in [2.24, 2.45) is 0 Å². The van der Waals surface area contributed by atoms with Crippen LogP contribution in [0, 0.1) is 0 Å². The molecule has 2 aromatic carbocycles. The summed E-state index contributed by atoms with van der Waals surface area (Å²) in [5, 5.41) is 6.22. The van der Waals surface area contributed by atoms with Gasteiger partial charge >= 0.3 is 0 Å². The molecule has 0 saturated carbocycles. The Balaban J connectivity index is 1.35. The first-order chi connectivity index (χ1) is 19.2. The van der Waals surface area contributed by atoms with Gasteiger partial charge in [0.1, 0.15) is 0 Å². The second kappa shape index (κ2) is 11.7. The minimum Gasteiger partial charge on any atom is -0.384 e. The van der Waals surface area contributed by atoms with Gasteiger partial charge in [-0.25, -0.2) is 4.98 Å². The van der Waals surface area contributed by atoms with Crippen LogP contribution in [0.3, 0.4) is 0 Å². The molecule has 2 aliphatic heterocycles. The summed E-state index contributed by atoms with van der Waals surface area (Å²) in [6.45, 7) is 17.8. The average molecular weight is 528 g/mol. The second-order valence-electron chi connectivity index (χ2n) is 11.4. The van der Waals surface area contributed by atoms with Crippen molar-refractivity contribution < 1.29 is 0 Å². The number of hydrogen-bond donors (Lipinski definition) is 1. The van der Waals surface area contributed by atoms with E-state index in [0.29, 0.717) is 0 Å². The van der Waals surface area contributed by atoms with Gasteiger partial charge in [-0.2, -0.15) is 0 Å². The number of nitrogens with zero attached hydrogens (tertiary/aromatic N) is 6. The SMILES string of the molecule is CCN(CC)CCNc1ccc2c3c4c(nc2c1)c1ccccc1n4CCCN3CCCN1CCN(C)CC1. The summed E-state index contributed by atoms with van der Waals surface area (Å²) in [5.41, 5.74) is 7.43. The summed E-state index contributed by atoms with van der Waals surface area (Å²) >= 11 is 0. The Morgan fingerprint density at radius 2 is 1.72 bits per heavy atom. The number of benzene rings is 2. The van der Waals surface area contributed by atoms with Crippen molar-refractivity contribution in [2.45, 2.75) is 33.2 Å². The number of fused-ring (bicyclic) bond motifs is 5. The second-order valence-corrected chi connectivity index (χ2v) is 11.4. The molecule has 7 heteroatoms. The van der Waals surface area contributed by atoms with Gasteiger partial charge in [-0.15, -0.1) is 0 Å². The highest BCUT2D eigenvalue weighted by Crippen LogP contribution is 2.41. The van der Waals surface area contributed by atoms with Gasteiger partial charge in [-0.3, -0.25) is 0 Å². The molecule has 4 heterocycles. The molecule has 208 valence electrons. The van der Waals surface area contributed by atoms with E-state index in [1.807, 2.05) is 0 Å². The molecule has 6 rings (SSSR count). The molecule has 0 atom stereocenters. The van der Waals surface area contributed by atoms with Crippen LogP contribution < -0.4 is 10.2 Å². The van der Waals surface area contributed by atoms with Crippen LogP contribution in [-0.2, 0) is 6.54 Å². The van der Waals surface area contributed by atoms with E-state index in [0.717, 1.165) is 69.0 Å².